The minimum Gasteiger partial charge on any atom is -0.465 e. The van der Waals surface area contributed by atoms with Crippen LogP contribution in [0.3, 0.4) is 0 Å². The van der Waals surface area contributed by atoms with Gasteiger partial charge in [-0.2, -0.15) is 0 Å². The zero-order chi connectivity index (χ0) is 19.8. The van der Waals surface area contributed by atoms with Gasteiger partial charge in [-0.25, -0.2) is 4.79 Å². The number of methoxy groups -OCH3 is 1. The van der Waals surface area contributed by atoms with E-state index >= 15 is 0 Å². The van der Waals surface area contributed by atoms with Gasteiger partial charge in [-0.05, 0) is 24.1 Å². The van der Waals surface area contributed by atoms with Gasteiger partial charge < -0.3 is 19.5 Å². The van der Waals surface area contributed by atoms with Gasteiger partial charge in [0, 0.05) is 52.4 Å². The number of aromatic nitrogens is 1. The third kappa shape index (κ3) is 6.70. The minimum atomic E-state index is -0.312. The van der Waals surface area contributed by atoms with Crippen LogP contribution in [0, 0.1) is 0 Å². The van der Waals surface area contributed by atoms with Crippen LogP contribution in [-0.4, -0.2) is 73.8 Å². The molecule has 1 aromatic heterocycles. The summed E-state index contributed by atoms with van der Waals surface area (Å²) in [6.45, 7) is 5.36. The molecule has 1 saturated heterocycles. The van der Waals surface area contributed by atoms with Gasteiger partial charge in [-0.1, -0.05) is 17.3 Å². The van der Waals surface area contributed by atoms with Gasteiger partial charge in [0.25, 0.3) is 0 Å². The molecule has 1 N–H and O–H groups in total. The van der Waals surface area contributed by atoms with E-state index in [1.807, 2.05) is 25.2 Å². The lowest BCUT2D eigenvalue weighted by Crippen LogP contribution is -2.52. The number of guanidine groups is 1. The van der Waals surface area contributed by atoms with Crippen LogP contribution >= 0.6 is 24.0 Å². The molecule has 0 radical (unpaired) electrons. The maximum absolute atomic E-state index is 11.5. The Kier molecular flexibility index (Phi) is 9.39. The first-order valence-corrected chi connectivity index (χ1v) is 9.44. The Balaban J connectivity index is 0.00000300. The third-order valence-corrected chi connectivity index (χ3v) is 4.83. The van der Waals surface area contributed by atoms with E-state index in [1.165, 1.54) is 7.11 Å². The summed E-state index contributed by atoms with van der Waals surface area (Å²) >= 11 is 0. The lowest BCUT2D eigenvalue weighted by Gasteiger charge is -2.36. The standard InChI is InChI=1S/C20H27N5O3.HI/c1-21-20(22-9-7-16-3-5-17(6-4-16)19(26)27-2)25-12-10-24(11-13-25)15-18-8-14-28-23-18;/h3-6,8,14H,7,9-13,15H2,1-2H3,(H,21,22);1H. The highest BCUT2D eigenvalue weighted by Crippen LogP contribution is 2.08. The summed E-state index contributed by atoms with van der Waals surface area (Å²) in [7, 11) is 3.20. The molecule has 1 aromatic carbocycles. The number of ether oxygens (including phenoxy) is 1. The molecule has 0 amide bonds. The molecule has 0 atom stereocenters. The highest BCUT2D eigenvalue weighted by molar-refractivity contribution is 14.0. The Hall–Kier alpha value is -2.14. The number of carbonyl (C=O) groups excluding carboxylic acids is 1. The Bertz CT molecular complexity index is 772. The van der Waals surface area contributed by atoms with Crippen molar-refractivity contribution in [3.63, 3.8) is 0 Å². The number of nitrogens with zero attached hydrogens (tertiary/aromatic N) is 4. The quantitative estimate of drug-likeness (QED) is 0.274. The van der Waals surface area contributed by atoms with Crippen molar-refractivity contribution in [3.8, 4) is 0 Å². The molecular formula is C20H28IN5O3. The van der Waals surface area contributed by atoms with E-state index in [0.717, 1.165) is 62.9 Å². The summed E-state index contributed by atoms with van der Waals surface area (Å²) in [5.74, 6) is 0.611. The van der Waals surface area contributed by atoms with Crippen LogP contribution in [0.2, 0.25) is 0 Å². The number of esters is 1. The molecule has 0 aliphatic carbocycles. The second-order valence-corrected chi connectivity index (χ2v) is 6.67. The fourth-order valence-corrected chi connectivity index (χ4v) is 3.24. The third-order valence-electron chi connectivity index (χ3n) is 4.83. The number of hydrogen-bond donors (Lipinski definition) is 1. The van der Waals surface area contributed by atoms with E-state index in [4.69, 9.17) is 9.26 Å². The topological polar surface area (TPSA) is 83.2 Å². The van der Waals surface area contributed by atoms with Crippen LogP contribution in [0.1, 0.15) is 21.6 Å². The van der Waals surface area contributed by atoms with Crippen molar-refractivity contribution in [3.05, 3.63) is 53.4 Å². The van der Waals surface area contributed by atoms with Crippen LogP contribution in [0.4, 0.5) is 0 Å². The SMILES string of the molecule is CN=C(NCCc1ccc(C(=O)OC)cc1)N1CCN(Cc2ccon2)CC1.I. The van der Waals surface area contributed by atoms with Crippen molar-refractivity contribution in [2.45, 2.75) is 13.0 Å². The maximum atomic E-state index is 11.5. The van der Waals surface area contributed by atoms with Gasteiger partial charge >= 0.3 is 5.97 Å². The highest BCUT2D eigenvalue weighted by atomic mass is 127. The van der Waals surface area contributed by atoms with Crippen molar-refractivity contribution in [2.75, 3.05) is 46.9 Å². The van der Waals surface area contributed by atoms with Gasteiger partial charge in [0.15, 0.2) is 5.96 Å². The zero-order valence-corrected chi connectivity index (χ0v) is 19.2. The summed E-state index contributed by atoms with van der Waals surface area (Å²) in [6, 6.07) is 9.41. The molecule has 2 aromatic rings. The van der Waals surface area contributed by atoms with Gasteiger partial charge in [0.1, 0.15) is 6.26 Å². The number of halogens is 1. The predicted octanol–water partition coefficient (Wildman–Crippen LogP) is 2.01. The van der Waals surface area contributed by atoms with E-state index in [-0.39, 0.29) is 29.9 Å². The first kappa shape index (κ1) is 23.1. The Morgan fingerprint density at radius 1 is 1.21 bits per heavy atom. The number of piperazine rings is 1. The predicted molar refractivity (Wildman–Crippen MR) is 122 cm³/mol. The van der Waals surface area contributed by atoms with Gasteiger partial charge in [0.05, 0.1) is 18.4 Å². The zero-order valence-electron chi connectivity index (χ0n) is 16.8. The lowest BCUT2D eigenvalue weighted by atomic mass is 10.1. The number of carbonyl (C=O) groups is 1. The van der Waals surface area contributed by atoms with E-state index in [9.17, 15) is 4.79 Å². The Morgan fingerprint density at radius 3 is 2.52 bits per heavy atom. The summed E-state index contributed by atoms with van der Waals surface area (Å²) in [5.41, 5.74) is 2.70. The Morgan fingerprint density at radius 2 is 1.93 bits per heavy atom. The van der Waals surface area contributed by atoms with E-state index < -0.39 is 0 Å². The monoisotopic (exact) mass is 513 g/mol. The van der Waals surface area contributed by atoms with Crippen molar-refractivity contribution < 1.29 is 14.1 Å². The average molecular weight is 513 g/mol. The molecule has 0 spiro atoms. The van der Waals surface area contributed by atoms with Crippen LogP contribution in [0.15, 0.2) is 46.1 Å². The first-order valence-electron chi connectivity index (χ1n) is 9.44. The van der Waals surface area contributed by atoms with Gasteiger partial charge in [-0.3, -0.25) is 9.89 Å². The number of nitrogens with one attached hydrogen (secondary N) is 1. The van der Waals surface area contributed by atoms with Crippen LogP contribution in [-0.2, 0) is 17.7 Å². The molecule has 0 unspecified atom stereocenters. The van der Waals surface area contributed by atoms with Crippen molar-refractivity contribution in [1.29, 1.82) is 0 Å². The van der Waals surface area contributed by atoms with Crippen molar-refractivity contribution in [2.24, 2.45) is 4.99 Å². The summed E-state index contributed by atoms with van der Waals surface area (Å²) < 4.78 is 9.62. The largest absolute Gasteiger partial charge is 0.465 e. The first-order chi connectivity index (χ1) is 13.7. The summed E-state index contributed by atoms with van der Waals surface area (Å²) in [5, 5.41) is 7.41. The molecule has 2 heterocycles. The van der Waals surface area contributed by atoms with Crippen LogP contribution < -0.4 is 5.32 Å². The van der Waals surface area contributed by atoms with Crippen molar-refractivity contribution >= 4 is 35.9 Å². The van der Waals surface area contributed by atoms with E-state index in [1.54, 1.807) is 18.4 Å². The molecule has 1 aliphatic heterocycles. The van der Waals surface area contributed by atoms with Gasteiger partial charge in [0.2, 0.25) is 0 Å². The number of rotatable bonds is 6. The molecule has 3 rings (SSSR count). The highest BCUT2D eigenvalue weighted by Gasteiger charge is 2.20. The van der Waals surface area contributed by atoms with Gasteiger partial charge in [-0.15, -0.1) is 24.0 Å². The molecule has 1 aliphatic rings. The minimum absolute atomic E-state index is 0. The second-order valence-electron chi connectivity index (χ2n) is 6.67. The maximum Gasteiger partial charge on any atom is 0.337 e. The van der Waals surface area contributed by atoms with E-state index in [2.05, 4.69) is 25.3 Å². The number of hydrogen-bond acceptors (Lipinski definition) is 6. The smallest absolute Gasteiger partial charge is 0.337 e. The normalized spacial score (nSPS) is 15.0. The molecule has 1 fully saturated rings. The fraction of sp³-hybridized carbons (Fsp3) is 0.450. The molecular weight excluding hydrogens is 485 g/mol. The molecule has 29 heavy (non-hydrogen) atoms. The average Bonchev–Trinajstić information content (AvgIpc) is 3.25. The fourth-order valence-electron chi connectivity index (χ4n) is 3.24. The second kappa shape index (κ2) is 11.8. The summed E-state index contributed by atoms with van der Waals surface area (Å²) in [6.07, 6.45) is 2.47. The van der Waals surface area contributed by atoms with Crippen LogP contribution in [0.25, 0.3) is 0 Å². The van der Waals surface area contributed by atoms with Crippen molar-refractivity contribution in [1.82, 2.24) is 20.3 Å². The van der Waals surface area contributed by atoms with E-state index in [0.29, 0.717) is 5.56 Å². The molecule has 0 bridgehead atoms. The Labute approximate surface area is 188 Å². The molecule has 158 valence electrons. The lowest BCUT2D eigenvalue weighted by molar-refractivity contribution is 0.0600. The molecule has 0 saturated carbocycles. The number of aliphatic imine (C=N–C) groups is 1. The molecule has 8 nitrogen and oxygen atoms in total. The van der Waals surface area contributed by atoms with Crippen LogP contribution in [0.5, 0.6) is 0 Å². The summed E-state index contributed by atoms with van der Waals surface area (Å²) in [4.78, 5) is 20.5. The number of benzene rings is 1. The molecule has 9 heteroatoms.